The Morgan fingerprint density at radius 1 is 1.53 bits per heavy atom. The topological polar surface area (TPSA) is 66.4 Å². The van der Waals surface area contributed by atoms with Gasteiger partial charge < -0.3 is 10.4 Å². The van der Waals surface area contributed by atoms with Crippen molar-refractivity contribution in [2.75, 3.05) is 6.54 Å². The Balaban J connectivity index is 2.64. The molecule has 1 aromatic carbocycles. The van der Waals surface area contributed by atoms with Crippen LogP contribution in [0, 0.1) is 11.8 Å². The monoisotopic (exact) mass is 231 g/mol. The van der Waals surface area contributed by atoms with E-state index in [4.69, 9.17) is 0 Å². The summed E-state index contributed by atoms with van der Waals surface area (Å²) in [4.78, 5) is 21.1. The van der Waals surface area contributed by atoms with E-state index in [1.54, 1.807) is 0 Å². The molecule has 0 heterocycles. The van der Waals surface area contributed by atoms with Crippen molar-refractivity contribution in [3.05, 3.63) is 29.3 Å². The summed E-state index contributed by atoms with van der Waals surface area (Å²) >= 11 is 0. The SMILES string of the molecule is CC(=O)NCCC#Cc1cc(C=O)ccc1O. The number of amides is 1. The minimum absolute atomic E-state index is 0.0441. The molecule has 0 aliphatic heterocycles. The van der Waals surface area contributed by atoms with E-state index in [1.807, 2.05) is 0 Å². The van der Waals surface area contributed by atoms with Crippen LogP contribution >= 0.6 is 0 Å². The lowest BCUT2D eigenvalue weighted by atomic mass is 10.1. The molecule has 4 heteroatoms. The molecule has 1 rings (SSSR count). The number of aromatic hydroxyl groups is 1. The van der Waals surface area contributed by atoms with Crippen molar-refractivity contribution in [3.8, 4) is 17.6 Å². The van der Waals surface area contributed by atoms with Gasteiger partial charge in [-0.05, 0) is 18.2 Å². The fourth-order valence-corrected chi connectivity index (χ4v) is 1.19. The van der Waals surface area contributed by atoms with Crippen LogP contribution < -0.4 is 5.32 Å². The van der Waals surface area contributed by atoms with Gasteiger partial charge in [0, 0.05) is 25.5 Å². The molecule has 88 valence electrons. The quantitative estimate of drug-likeness (QED) is 0.465. The zero-order chi connectivity index (χ0) is 12.7. The molecule has 4 nitrogen and oxygen atoms in total. The van der Waals surface area contributed by atoms with Gasteiger partial charge in [0.05, 0.1) is 5.56 Å². The largest absolute Gasteiger partial charge is 0.507 e. The fraction of sp³-hybridized carbons (Fsp3) is 0.231. The zero-order valence-electron chi connectivity index (χ0n) is 9.49. The molecule has 0 radical (unpaired) electrons. The van der Waals surface area contributed by atoms with E-state index in [2.05, 4.69) is 17.2 Å². The first-order valence-corrected chi connectivity index (χ1v) is 5.15. The normalized spacial score (nSPS) is 9.00. The minimum Gasteiger partial charge on any atom is -0.507 e. The predicted octanol–water partition coefficient (Wildman–Crippen LogP) is 1.08. The second-order valence-electron chi connectivity index (χ2n) is 3.43. The molecular weight excluding hydrogens is 218 g/mol. The van der Waals surface area contributed by atoms with E-state index in [9.17, 15) is 14.7 Å². The van der Waals surface area contributed by atoms with Crippen LogP contribution in [0.3, 0.4) is 0 Å². The lowest BCUT2D eigenvalue weighted by molar-refractivity contribution is -0.118. The third-order valence-corrected chi connectivity index (χ3v) is 2.00. The Morgan fingerprint density at radius 3 is 2.94 bits per heavy atom. The smallest absolute Gasteiger partial charge is 0.216 e. The van der Waals surface area contributed by atoms with Gasteiger partial charge in [0.15, 0.2) is 0 Å². The maximum absolute atomic E-state index is 10.6. The molecule has 0 spiro atoms. The number of hydrogen-bond donors (Lipinski definition) is 2. The van der Waals surface area contributed by atoms with E-state index in [0.717, 1.165) is 0 Å². The number of hydrogen-bond acceptors (Lipinski definition) is 3. The van der Waals surface area contributed by atoms with E-state index in [1.165, 1.54) is 25.1 Å². The van der Waals surface area contributed by atoms with Gasteiger partial charge >= 0.3 is 0 Å². The van der Waals surface area contributed by atoms with Crippen LogP contribution in [0.15, 0.2) is 18.2 Å². The number of rotatable bonds is 3. The zero-order valence-corrected chi connectivity index (χ0v) is 9.49. The Kier molecular flexibility index (Phi) is 4.77. The van der Waals surface area contributed by atoms with Gasteiger partial charge in [-0.1, -0.05) is 11.8 Å². The highest BCUT2D eigenvalue weighted by Crippen LogP contribution is 2.16. The van der Waals surface area contributed by atoms with Gasteiger partial charge in [0.1, 0.15) is 12.0 Å². The summed E-state index contributed by atoms with van der Waals surface area (Å²) in [6, 6.07) is 4.47. The van der Waals surface area contributed by atoms with Crippen molar-refractivity contribution in [2.24, 2.45) is 0 Å². The van der Waals surface area contributed by atoms with E-state index < -0.39 is 0 Å². The second kappa shape index (κ2) is 6.33. The van der Waals surface area contributed by atoms with E-state index >= 15 is 0 Å². The molecule has 0 atom stereocenters. The predicted molar refractivity (Wildman–Crippen MR) is 63.7 cm³/mol. The van der Waals surface area contributed by atoms with Crippen molar-refractivity contribution in [1.29, 1.82) is 0 Å². The molecule has 0 aliphatic carbocycles. The van der Waals surface area contributed by atoms with Crippen LogP contribution in [-0.2, 0) is 4.79 Å². The second-order valence-corrected chi connectivity index (χ2v) is 3.43. The minimum atomic E-state index is -0.0994. The van der Waals surface area contributed by atoms with E-state index in [0.29, 0.717) is 30.4 Å². The summed E-state index contributed by atoms with van der Waals surface area (Å²) in [5.74, 6) is 5.50. The van der Waals surface area contributed by atoms with Gasteiger partial charge in [-0.3, -0.25) is 9.59 Å². The molecule has 0 aliphatic rings. The van der Waals surface area contributed by atoms with Crippen LogP contribution in [-0.4, -0.2) is 23.8 Å². The van der Waals surface area contributed by atoms with Crippen molar-refractivity contribution < 1.29 is 14.7 Å². The van der Waals surface area contributed by atoms with Crippen molar-refractivity contribution in [1.82, 2.24) is 5.32 Å². The average molecular weight is 231 g/mol. The van der Waals surface area contributed by atoms with Gasteiger partial charge in [0.2, 0.25) is 5.91 Å². The Bertz CT molecular complexity index is 483. The molecular formula is C13H13NO3. The van der Waals surface area contributed by atoms with Crippen LogP contribution in [0.1, 0.15) is 29.3 Å². The maximum Gasteiger partial charge on any atom is 0.216 e. The summed E-state index contributed by atoms with van der Waals surface area (Å²) in [6.45, 7) is 1.91. The van der Waals surface area contributed by atoms with Crippen molar-refractivity contribution in [2.45, 2.75) is 13.3 Å². The van der Waals surface area contributed by atoms with Gasteiger partial charge in [-0.2, -0.15) is 0 Å². The molecule has 2 N–H and O–H groups in total. The average Bonchev–Trinajstić information content (AvgIpc) is 2.30. The Labute approximate surface area is 99.7 Å². The lowest BCUT2D eigenvalue weighted by Crippen LogP contribution is -2.20. The highest BCUT2D eigenvalue weighted by molar-refractivity contribution is 5.76. The van der Waals surface area contributed by atoms with Gasteiger partial charge in [0.25, 0.3) is 0 Å². The summed E-state index contributed by atoms with van der Waals surface area (Å²) in [5.41, 5.74) is 0.881. The van der Waals surface area contributed by atoms with Crippen LogP contribution in [0.25, 0.3) is 0 Å². The third kappa shape index (κ3) is 4.39. The summed E-state index contributed by atoms with van der Waals surface area (Å²) in [5, 5.41) is 12.1. The highest BCUT2D eigenvalue weighted by Gasteiger charge is 1.98. The standard InChI is InChI=1S/C13H13NO3/c1-10(16)14-7-3-2-4-12-8-11(9-15)5-6-13(12)17/h5-6,8-9,17H,3,7H2,1H3,(H,14,16). The molecule has 0 unspecified atom stereocenters. The number of carbonyl (C=O) groups is 2. The lowest BCUT2D eigenvalue weighted by Gasteiger charge is -1.97. The number of phenols is 1. The number of benzene rings is 1. The van der Waals surface area contributed by atoms with E-state index in [-0.39, 0.29) is 11.7 Å². The molecule has 1 amide bonds. The Hall–Kier alpha value is -2.28. The first kappa shape index (κ1) is 12.8. The molecule has 1 aromatic rings. The van der Waals surface area contributed by atoms with Crippen LogP contribution in [0.4, 0.5) is 0 Å². The molecule has 0 saturated heterocycles. The summed E-state index contributed by atoms with van der Waals surface area (Å²) in [7, 11) is 0. The maximum atomic E-state index is 10.6. The summed E-state index contributed by atoms with van der Waals surface area (Å²) in [6.07, 6.45) is 1.19. The molecule has 0 saturated carbocycles. The van der Waals surface area contributed by atoms with Crippen molar-refractivity contribution in [3.63, 3.8) is 0 Å². The summed E-state index contributed by atoms with van der Waals surface area (Å²) < 4.78 is 0. The number of aldehydes is 1. The number of phenolic OH excluding ortho intramolecular Hbond substituents is 1. The fourth-order valence-electron chi connectivity index (χ4n) is 1.19. The highest BCUT2D eigenvalue weighted by atomic mass is 16.3. The molecule has 0 fully saturated rings. The number of carbonyl (C=O) groups excluding carboxylic acids is 2. The van der Waals surface area contributed by atoms with Gasteiger partial charge in [-0.15, -0.1) is 0 Å². The molecule has 17 heavy (non-hydrogen) atoms. The Morgan fingerprint density at radius 2 is 2.29 bits per heavy atom. The van der Waals surface area contributed by atoms with Gasteiger partial charge in [-0.25, -0.2) is 0 Å². The van der Waals surface area contributed by atoms with Crippen molar-refractivity contribution >= 4 is 12.2 Å². The number of nitrogens with one attached hydrogen (secondary N) is 1. The van der Waals surface area contributed by atoms with Crippen LogP contribution in [0.5, 0.6) is 5.75 Å². The molecule has 0 aromatic heterocycles. The first-order chi connectivity index (χ1) is 8.13. The van der Waals surface area contributed by atoms with Crippen LogP contribution in [0.2, 0.25) is 0 Å². The first-order valence-electron chi connectivity index (χ1n) is 5.15. The third-order valence-electron chi connectivity index (χ3n) is 2.00. The molecule has 0 bridgehead atoms.